The lowest BCUT2D eigenvalue weighted by Gasteiger charge is -2.19. The van der Waals surface area contributed by atoms with E-state index in [4.69, 9.17) is 24.3 Å². The highest BCUT2D eigenvalue weighted by Gasteiger charge is 2.45. The second-order valence-electron chi connectivity index (χ2n) is 11.7. The Morgan fingerprint density at radius 3 is 2.00 bits per heavy atom. The lowest BCUT2D eigenvalue weighted by atomic mass is 10.0. The number of ether oxygens (including phenoxy) is 2. The fourth-order valence-corrected chi connectivity index (χ4v) is 5.89. The molecule has 6 atom stereocenters. The van der Waals surface area contributed by atoms with E-state index in [0.717, 1.165) is 23.8 Å². The third-order valence-corrected chi connectivity index (χ3v) is 8.70. The summed E-state index contributed by atoms with van der Waals surface area (Å²) in [6, 6.07) is 1.32. The van der Waals surface area contributed by atoms with Gasteiger partial charge in [0.1, 0.15) is 30.2 Å². The second-order valence-corrected chi connectivity index (χ2v) is 13.1. The molecular formula is C30H56N3O10P. The van der Waals surface area contributed by atoms with Gasteiger partial charge in [0.25, 0.3) is 0 Å². The average molecular weight is 650 g/mol. The van der Waals surface area contributed by atoms with Crippen molar-refractivity contribution in [1.82, 2.24) is 9.55 Å². The molecule has 6 N–H and O–H groups in total. The van der Waals surface area contributed by atoms with Gasteiger partial charge in [0.15, 0.2) is 6.23 Å². The van der Waals surface area contributed by atoms with Gasteiger partial charge >= 0.3 is 13.5 Å². The number of aromatic nitrogens is 2. The number of unbranched alkanes of at least 4 members (excludes halogenated alkanes) is 15. The number of nitrogens with zero attached hydrogens (tertiary/aromatic N) is 2. The molecule has 0 saturated carbocycles. The van der Waals surface area contributed by atoms with Crippen LogP contribution in [0.3, 0.4) is 0 Å². The van der Waals surface area contributed by atoms with Gasteiger partial charge in [0.05, 0.1) is 19.8 Å². The largest absolute Gasteiger partial charge is 0.472 e. The topological polar surface area (TPSA) is 196 Å². The minimum atomic E-state index is -4.62. The van der Waals surface area contributed by atoms with Crippen molar-refractivity contribution in [2.75, 3.05) is 32.2 Å². The average Bonchev–Trinajstić information content (AvgIpc) is 3.27. The van der Waals surface area contributed by atoms with Gasteiger partial charge in [-0.25, -0.2) is 9.36 Å². The second kappa shape index (κ2) is 22.2. The summed E-state index contributed by atoms with van der Waals surface area (Å²) < 4.78 is 33.8. The number of phosphoric acid groups is 1. The van der Waals surface area contributed by atoms with Crippen LogP contribution in [-0.2, 0) is 23.1 Å². The van der Waals surface area contributed by atoms with Gasteiger partial charge in [-0.15, -0.1) is 0 Å². The van der Waals surface area contributed by atoms with E-state index in [-0.39, 0.29) is 12.4 Å². The molecule has 1 aliphatic heterocycles. The highest BCUT2D eigenvalue weighted by molar-refractivity contribution is 7.47. The first-order chi connectivity index (χ1) is 21.1. The monoisotopic (exact) mass is 649 g/mol. The lowest BCUT2D eigenvalue weighted by Crippen LogP contribution is -2.36. The van der Waals surface area contributed by atoms with Crippen LogP contribution in [0.15, 0.2) is 17.1 Å². The van der Waals surface area contributed by atoms with Crippen molar-refractivity contribution in [2.45, 2.75) is 140 Å². The summed E-state index contributed by atoms with van der Waals surface area (Å²) in [5.41, 5.74) is 4.65. The highest BCUT2D eigenvalue weighted by atomic mass is 31.2. The molecule has 1 saturated heterocycles. The molecule has 0 aromatic carbocycles. The molecule has 0 spiro atoms. The van der Waals surface area contributed by atoms with Gasteiger partial charge in [-0.3, -0.25) is 13.6 Å². The number of anilines is 1. The van der Waals surface area contributed by atoms with E-state index in [1.807, 2.05) is 0 Å². The van der Waals surface area contributed by atoms with Crippen LogP contribution in [0.2, 0.25) is 0 Å². The Hall–Kier alpha value is -1.41. The Labute approximate surface area is 261 Å². The predicted octanol–water partition coefficient (Wildman–Crippen LogP) is 4.22. The van der Waals surface area contributed by atoms with Crippen LogP contribution < -0.4 is 11.4 Å². The molecule has 256 valence electrons. The number of nitrogen functional groups attached to an aromatic ring is 1. The standard InChI is InChI=1S/C30H56N3O10P/c1-2-3-4-5-6-7-8-9-10-11-12-13-14-15-16-17-20-40-21-24(34)22-41-44(38,39)42-23-25-27(35)28(36)29(43-25)33-19-18-26(31)32-30(33)37/h18-19,24-25,27-29,34-36H,2-17,20-23H2,1H3,(H,38,39)(H2,31,32,37). The van der Waals surface area contributed by atoms with E-state index in [0.29, 0.717) is 6.61 Å². The molecule has 2 rings (SSSR count). The third-order valence-electron chi connectivity index (χ3n) is 7.75. The van der Waals surface area contributed by atoms with E-state index >= 15 is 0 Å². The van der Waals surface area contributed by atoms with Crippen molar-refractivity contribution in [3.8, 4) is 0 Å². The Kier molecular flexibility index (Phi) is 19.5. The Morgan fingerprint density at radius 1 is 0.909 bits per heavy atom. The van der Waals surface area contributed by atoms with E-state index in [1.54, 1.807) is 0 Å². The van der Waals surface area contributed by atoms with E-state index in [9.17, 15) is 29.6 Å². The van der Waals surface area contributed by atoms with Gasteiger partial charge < -0.3 is 35.4 Å². The molecule has 0 radical (unpaired) electrons. The van der Waals surface area contributed by atoms with Crippen LogP contribution in [0.5, 0.6) is 0 Å². The minimum Gasteiger partial charge on any atom is -0.388 e. The zero-order valence-electron chi connectivity index (χ0n) is 26.3. The fourth-order valence-electron chi connectivity index (χ4n) is 5.12. The smallest absolute Gasteiger partial charge is 0.388 e. The van der Waals surface area contributed by atoms with Crippen LogP contribution in [0, 0.1) is 0 Å². The molecule has 1 aromatic rings. The summed E-state index contributed by atoms with van der Waals surface area (Å²) >= 11 is 0. The summed E-state index contributed by atoms with van der Waals surface area (Å²) in [6.07, 6.45) is 15.1. The molecule has 1 fully saturated rings. The van der Waals surface area contributed by atoms with Crippen molar-refractivity contribution in [3.63, 3.8) is 0 Å². The quantitative estimate of drug-likeness (QED) is 0.0709. The summed E-state index contributed by atoms with van der Waals surface area (Å²) in [4.78, 5) is 25.5. The van der Waals surface area contributed by atoms with Crippen LogP contribution in [-0.4, -0.2) is 80.6 Å². The predicted molar refractivity (Wildman–Crippen MR) is 167 cm³/mol. The fraction of sp³-hybridized carbons (Fsp3) is 0.867. The van der Waals surface area contributed by atoms with Gasteiger partial charge in [-0.1, -0.05) is 103 Å². The van der Waals surface area contributed by atoms with Gasteiger partial charge in [0, 0.05) is 12.8 Å². The molecule has 0 bridgehead atoms. The number of nitrogens with two attached hydrogens (primary N) is 1. The maximum Gasteiger partial charge on any atom is 0.472 e. The van der Waals surface area contributed by atoms with E-state index in [1.165, 1.54) is 95.7 Å². The first-order valence-corrected chi connectivity index (χ1v) is 17.9. The molecule has 1 aliphatic rings. The maximum atomic E-state index is 12.2. The molecule has 6 unspecified atom stereocenters. The number of aliphatic hydroxyl groups is 3. The van der Waals surface area contributed by atoms with Crippen LogP contribution in [0.25, 0.3) is 0 Å². The van der Waals surface area contributed by atoms with Crippen molar-refractivity contribution in [2.24, 2.45) is 0 Å². The molecule has 0 amide bonds. The summed E-state index contributed by atoms with van der Waals surface area (Å²) in [5.74, 6) is -0.0228. The summed E-state index contributed by atoms with van der Waals surface area (Å²) in [6.45, 7) is 1.56. The summed E-state index contributed by atoms with van der Waals surface area (Å²) in [7, 11) is -4.62. The van der Waals surface area contributed by atoms with E-state index in [2.05, 4.69) is 11.9 Å². The number of hydrogen-bond donors (Lipinski definition) is 5. The minimum absolute atomic E-state index is 0.0228. The molecule has 0 aliphatic carbocycles. The number of aliphatic hydroxyl groups excluding tert-OH is 3. The molecule has 2 heterocycles. The Bertz CT molecular complexity index is 1000. The summed E-state index contributed by atoms with van der Waals surface area (Å²) in [5, 5.41) is 30.5. The molecule has 13 nitrogen and oxygen atoms in total. The van der Waals surface area contributed by atoms with Crippen molar-refractivity contribution >= 4 is 13.6 Å². The number of rotatable bonds is 26. The highest BCUT2D eigenvalue weighted by Crippen LogP contribution is 2.44. The van der Waals surface area contributed by atoms with Gasteiger partial charge in [-0.05, 0) is 12.5 Å². The Balaban J connectivity index is 1.45. The first kappa shape index (κ1) is 38.8. The zero-order chi connectivity index (χ0) is 32.2. The van der Waals surface area contributed by atoms with E-state index < -0.39 is 57.4 Å². The normalized spacial score (nSPS) is 22.3. The van der Waals surface area contributed by atoms with Crippen LogP contribution in [0.4, 0.5) is 5.82 Å². The molecular weight excluding hydrogens is 593 g/mol. The lowest BCUT2D eigenvalue weighted by molar-refractivity contribution is -0.0567. The van der Waals surface area contributed by atoms with Crippen LogP contribution in [0.1, 0.15) is 116 Å². The first-order valence-electron chi connectivity index (χ1n) is 16.4. The van der Waals surface area contributed by atoms with Crippen molar-refractivity contribution < 1.29 is 43.3 Å². The van der Waals surface area contributed by atoms with Crippen molar-refractivity contribution in [3.05, 3.63) is 22.7 Å². The van der Waals surface area contributed by atoms with Gasteiger partial charge in [-0.2, -0.15) is 4.98 Å². The number of phosphoric ester groups is 1. The third kappa shape index (κ3) is 15.7. The van der Waals surface area contributed by atoms with Crippen LogP contribution >= 0.6 is 7.82 Å². The maximum absolute atomic E-state index is 12.2. The SMILES string of the molecule is CCCCCCCCCCCCCCCCCCOCC(O)COP(=O)(O)OCC1OC(n2ccc(N)nc2=O)C(O)C1O. The molecule has 1 aromatic heterocycles. The van der Waals surface area contributed by atoms with Gasteiger partial charge in [0.2, 0.25) is 0 Å². The number of hydrogen-bond acceptors (Lipinski definition) is 11. The van der Waals surface area contributed by atoms with Crippen molar-refractivity contribution in [1.29, 1.82) is 0 Å². The molecule has 14 heteroatoms. The Morgan fingerprint density at radius 2 is 1.45 bits per heavy atom. The molecule has 44 heavy (non-hydrogen) atoms. The zero-order valence-corrected chi connectivity index (χ0v) is 27.2.